The van der Waals surface area contributed by atoms with Gasteiger partial charge in [0.25, 0.3) is 0 Å². The van der Waals surface area contributed by atoms with Crippen LogP contribution in [-0.4, -0.2) is 34.0 Å². The number of carbonyl (C=O) groups is 2. The zero-order valence-corrected chi connectivity index (χ0v) is 27.2. The number of aliphatic hydroxyl groups is 1. The molecule has 9 heteroatoms. The standard InChI is InChI=1S/C38H42N2O6S/c41-25-27-15-17-29(18-16-27)35-23-32(26-47-33-10-3-1-4-11-33)45-38(46-35)30-21-19-28(20-22-30)34-12-8-7-9-31(34)24-39-36(42)13-5-2-6-14-37(43)40-44/h1,3-4,7-12,15-22,32,35,38,41,44H,2,5-6,13-14,23-26H2,(H,39,42)(H,40,43). The number of hydrogen-bond acceptors (Lipinski definition) is 7. The molecule has 0 saturated carbocycles. The minimum absolute atomic E-state index is 0.00474. The molecule has 3 atom stereocenters. The van der Waals surface area contributed by atoms with Crippen molar-refractivity contribution in [2.45, 2.75) is 75.1 Å². The topological polar surface area (TPSA) is 117 Å². The van der Waals surface area contributed by atoms with E-state index in [1.165, 1.54) is 4.90 Å². The fourth-order valence-corrected chi connectivity index (χ4v) is 6.53. The van der Waals surface area contributed by atoms with Gasteiger partial charge in [-0.15, -0.1) is 11.8 Å². The van der Waals surface area contributed by atoms with E-state index in [0.717, 1.165) is 52.0 Å². The highest BCUT2D eigenvalue weighted by atomic mass is 32.2. The Hall–Kier alpha value is -3.99. The summed E-state index contributed by atoms with van der Waals surface area (Å²) in [4.78, 5) is 24.8. The van der Waals surface area contributed by atoms with Gasteiger partial charge in [-0.2, -0.15) is 0 Å². The van der Waals surface area contributed by atoms with Crippen LogP contribution in [0.25, 0.3) is 11.1 Å². The number of amides is 2. The second-order valence-electron chi connectivity index (χ2n) is 11.6. The summed E-state index contributed by atoms with van der Waals surface area (Å²) in [6.45, 7) is 0.417. The predicted octanol–water partition coefficient (Wildman–Crippen LogP) is 7.26. The highest BCUT2D eigenvalue weighted by molar-refractivity contribution is 7.99. The Labute approximate surface area is 280 Å². The van der Waals surface area contributed by atoms with Gasteiger partial charge in [0.2, 0.25) is 11.8 Å². The molecule has 4 N–H and O–H groups in total. The monoisotopic (exact) mass is 654 g/mol. The summed E-state index contributed by atoms with van der Waals surface area (Å²) in [6, 6.07) is 34.5. The number of carbonyl (C=O) groups excluding carboxylic acids is 2. The molecule has 1 heterocycles. The summed E-state index contributed by atoms with van der Waals surface area (Å²) in [6.07, 6.45) is 2.70. The number of hydrogen-bond donors (Lipinski definition) is 4. The second-order valence-corrected chi connectivity index (χ2v) is 12.7. The summed E-state index contributed by atoms with van der Waals surface area (Å²) in [5.74, 6) is 0.357. The van der Waals surface area contributed by atoms with Gasteiger partial charge in [0.1, 0.15) is 0 Å². The molecule has 0 radical (unpaired) electrons. The van der Waals surface area contributed by atoms with Crippen LogP contribution in [0.5, 0.6) is 0 Å². The molecular formula is C38H42N2O6S. The third-order valence-corrected chi connectivity index (χ3v) is 9.36. The number of benzene rings is 4. The zero-order chi connectivity index (χ0) is 32.8. The molecule has 4 aromatic carbocycles. The quantitative estimate of drug-likeness (QED) is 0.0462. The third kappa shape index (κ3) is 10.2. The molecule has 1 aliphatic heterocycles. The summed E-state index contributed by atoms with van der Waals surface area (Å²) in [5.41, 5.74) is 7.58. The lowest BCUT2D eigenvalue weighted by Crippen LogP contribution is -2.31. The molecule has 246 valence electrons. The molecule has 0 spiro atoms. The van der Waals surface area contributed by atoms with E-state index >= 15 is 0 Å². The molecule has 5 rings (SSSR count). The summed E-state index contributed by atoms with van der Waals surface area (Å²) < 4.78 is 13.1. The van der Waals surface area contributed by atoms with Crippen LogP contribution in [0.4, 0.5) is 0 Å². The first-order valence-electron chi connectivity index (χ1n) is 16.1. The predicted molar refractivity (Wildman–Crippen MR) is 182 cm³/mol. The van der Waals surface area contributed by atoms with Crippen LogP contribution in [0, 0.1) is 0 Å². The normalized spacial score (nSPS) is 17.6. The number of hydroxylamine groups is 1. The first-order chi connectivity index (χ1) is 23.0. The van der Waals surface area contributed by atoms with Crippen molar-refractivity contribution in [1.29, 1.82) is 0 Å². The van der Waals surface area contributed by atoms with Gasteiger partial charge in [-0.25, -0.2) is 5.48 Å². The van der Waals surface area contributed by atoms with Gasteiger partial charge in [-0.3, -0.25) is 14.8 Å². The number of aliphatic hydroxyl groups excluding tert-OH is 1. The van der Waals surface area contributed by atoms with Crippen LogP contribution in [0.2, 0.25) is 0 Å². The van der Waals surface area contributed by atoms with Gasteiger partial charge in [0.15, 0.2) is 6.29 Å². The van der Waals surface area contributed by atoms with Crippen LogP contribution < -0.4 is 10.8 Å². The van der Waals surface area contributed by atoms with Crippen molar-refractivity contribution in [1.82, 2.24) is 10.8 Å². The Bertz CT molecular complexity index is 1570. The number of thioether (sulfide) groups is 1. The Morgan fingerprint density at radius 1 is 0.766 bits per heavy atom. The molecule has 0 aromatic heterocycles. The number of ether oxygens (including phenoxy) is 2. The molecule has 0 bridgehead atoms. The van der Waals surface area contributed by atoms with Crippen LogP contribution in [0.15, 0.2) is 108 Å². The van der Waals surface area contributed by atoms with Crippen molar-refractivity contribution >= 4 is 23.6 Å². The maximum atomic E-state index is 12.5. The third-order valence-electron chi connectivity index (χ3n) is 8.21. The maximum absolute atomic E-state index is 12.5. The van der Waals surface area contributed by atoms with Gasteiger partial charge in [0.05, 0.1) is 18.8 Å². The first-order valence-corrected chi connectivity index (χ1v) is 17.1. The van der Waals surface area contributed by atoms with E-state index in [1.807, 2.05) is 72.8 Å². The van der Waals surface area contributed by atoms with E-state index < -0.39 is 12.2 Å². The minimum atomic E-state index is -0.533. The van der Waals surface area contributed by atoms with E-state index in [0.29, 0.717) is 25.8 Å². The van der Waals surface area contributed by atoms with Crippen LogP contribution in [-0.2, 0) is 32.2 Å². The Kier molecular flexibility index (Phi) is 13.0. The highest BCUT2D eigenvalue weighted by Gasteiger charge is 2.32. The summed E-state index contributed by atoms with van der Waals surface area (Å²) in [7, 11) is 0. The average Bonchev–Trinajstić information content (AvgIpc) is 3.13. The number of rotatable bonds is 15. The van der Waals surface area contributed by atoms with Crippen molar-refractivity contribution in [3.05, 3.63) is 125 Å². The minimum Gasteiger partial charge on any atom is -0.392 e. The van der Waals surface area contributed by atoms with Gasteiger partial charge < -0.3 is 19.9 Å². The van der Waals surface area contributed by atoms with Crippen molar-refractivity contribution in [3.63, 3.8) is 0 Å². The van der Waals surface area contributed by atoms with E-state index in [9.17, 15) is 14.7 Å². The Balaban J connectivity index is 1.23. The largest absolute Gasteiger partial charge is 0.392 e. The number of unbranched alkanes of at least 4 members (excludes halogenated alkanes) is 2. The molecule has 1 saturated heterocycles. The van der Waals surface area contributed by atoms with Gasteiger partial charge >= 0.3 is 0 Å². The molecule has 1 fully saturated rings. The Morgan fingerprint density at radius 2 is 1.45 bits per heavy atom. The average molecular weight is 655 g/mol. The number of nitrogens with one attached hydrogen (secondary N) is 2. The van der Waals surface area contributed by atoms with Gasteiger partial charge in [-0.05, 0) is 52.8 Å². The molecule has 3 unspecified atom stereocenters. The lowest BCUT2D eigenvalue weighted by atomic mass is 9.97. The summed E-state index contributed by atoms with van der Waals surface area (Å²) in [5, 5.41) is 21.1. The van der Waals surface area contributed by atoms with Crippen molar-refractivity contribution in [2.24, 2.45) is 0 Å². The van der Waals surface area contributed by atoms with Crippen molar-refractivity contribution in [2.75, 3.05) is 5.75 Å². The molecule has 0 aliphatic carbocycles. The summed E-state index contributed by atoms with van der Waals surface area (Å²) >= 11 is 1.78. The van der Waals surface area contributed by atoms with Crippen molar-refractivity contribution in [3.8, 4) is 11.1 Å². The fourth-order valence-electron chi connectivity index (χ4n) is 5.59. The molecule has 8 nitrogen and oxygen atoms in total. The smallest absolute Gasteiger partial charge is 0.243 e. The maximum Gasteiger partial charge on any atom is 0.243 e. The molecule has 4 aromatic rings. The van der Waals surface area contributed by atoms with E-state index in [1.54, 1.807) is 17.2 Å². The van der Waals surface area contributed by atoms with E-state index in [4.69, 9.17) is 14.7 Å². The van der Waals surface area contributed by atoms with Crippen LogP contribution in [0.1, 0.15) is 73.2 Å². The molecular weight excluding hydrogens is 612 g/mol. The van der Waals surface area contributed by atoms with Crippen LogP contribution >= 0.6 is 11.8 Å². The van der Waals surface area contributed by atoms with Gasteiger partial charge in [0, 0.05) is 42.0 Å². The molecule has 1 aliphatic rings. The lowest BCUT2D eigenvalue weighted by molar-refractivity contribution is -0.245. The SMILES string of the molecule is O=C(CCCCCC(=O)NCc1ccccc1-c1ccc(C2OC(CSc3ccccc3)CC(c3ccc(CO)cc3)O2)cc1)NO. The molecule has 2 amide bonds. The first kappa shape index (κ1) is 34.3. The highest BCUT2D eigenvalue weighted by Crippen LogP contribution is 2.40. The zero-order valence-electron chi connectivity index (χ0n) is 26.3. The van der Waals surface area contributed by atoms with E-state index in [2.05, 4.69) is 35.6 Å². The molecule has 47 heavy (non-hydrogen) atoms. The van der Waals surface area contributed by atoms with E-state index in [-0.39, 0.29) is 31.1 Å². The van der Waals surface area contributed by atoms with Gasteiger partial charge in [-0.1, -0.05) is 97.4 Å². The lowest BCUT2D eigenvalue weighted by Gasteiger charge is -2.36. The van der Waals surface area contributed by atoms with Crippen LogP contribution in [0.3, 0.4) is 0 Å². The fraction of sp³-hybridized carbons (Fsp3) is 0.316. The van der Waals surface area contributed by atoms with Crippen molar-refractivity contribution < 1.29 is 29.4 Å². The Morgan fingerprint density at radius 3 is 2.17 bits per heavy atom. The second kappa shape index (κ2) is 17.8.